The van der Waals surface area contributed by atoms with Crippen molar-refractivity contribution >= 4 is 11.9 Å². The van der Waals surface area contributed by atoms with Gasteiger partial charge in [-0.15, -0.1) is 0 Å². The number of amides is 1. The third-order valence-corrected chi connectivity index (χ3v) is 4.55. The number of carboxylic acid groups (broad SMARTS) is 1. The molecule has 1 atom stereocenters. The van der Waals surface area contributed by atoms with Crippen molar-refractivity contribution in [2.45, 2.75) is 38.7 Å². The lowest BCUT2D eigenvalue weighted by Crippen LogP contribution is -2.48. The molecule has 1 fully saturated rings. The van der Waals surface area contributed by atoms with Gasteiger partial charge in [0.2, 0.25) is 17.6 Å². The number of carbonyl (C=O) groups is 2. The molecule has 1 saturated heterocycles. The number of nitrogens with zero attached hydrogens (tertiary/aromatic N) is 3. The zero-order chi connectivity index (χ0) is 19.4. The number of rotatable bonds is 6. The lowest BCUT2D eigenvalue weighted by atomic mass is 10.0. The Labute approximate surface area is 157 Å². The fourth-order valence-corrected chi connectivity index (χ4v) is 2.89. The fourth-order valence-electron chi connectivity index (χ4n) is 2.89. The Hall–Kier alpha value is -2.74. The summed E-state index contributed by atoms with van der Waals surface area (Å²) in [6.45, 7) is 4.93. The molecule has 0 spiro atoms. The summed E-state index contributed by atoms with van der Waals surface area (Å²) in [5.41, 5.74) is 2.09. The molecule has 1 aliphatic heterocycles. The Morgan fingerprint density at radius 1 is 1.30 bits per heavy atom. The summed E-state index contributed by atoms with van der Waals surface area (Å²) in [5, 5.41) is 13.0. The highest BCUT2D eigenvalue weighted by atomic mass is 16.5. The monoisotopic (exact) mass is 373 g/mol. The van der Waals surface area contributed by atoms with Crippen LogP contribution in [0.5, 0.6) is 0 Å². The molecule has 1 aromatic heterocycles. The number of carbonyl (C=O) groups excluding carboxylic acids is 1. The van der Waals surface area contributed by atoms with E-state index in [4.69, 9.17) is 14.4 Å². The van der Waals surface area contributed by atoms with E-state index in [1.54, 1.807) is 0 Å². The quantitative estimate of drug-likeness (QED) is 0.826. The van der Waals surface area contributed by atoms with Crippen LogP contribution in [0, 0.1) is 0 Å². The molecule has 2 aromatic rings. The number of ether oxygens (including phenoxy) is 1. The van der Waals surface area contributed by atoms with Gasteiger partial charge in [0.25, 0.3) is 0 Å². The van der Waals surface area contributed by atoms with Crippen LogP contribution in [0.3, 0.4) is 0 Å². The number of benzene rings is 1. The molecule has 27 heavy (non-hydrogen) atoms. The predicted octanol–water partition coefficient (Wildman–Crippen LogP) is 2.10. The molecule has 1 amide bonds. The van der Waals surface area contributed by atoms with Crippen molar-refractivity contribution in [3.05, 3.63) is 35.7 Å². The van der Waals surface area contributed by atoms with Crippen LogP contribution >= 0.6 is 0 Å². The van der Waals surface area contributed by atoms with Crippen molar-refractivity contribution in [3.63, 3.8) is 0 Å². The van der Waals surface area contributed by atoms with Crippen LogP contribution in [-0.2, 0) is 20.7 Å². The van der Waals surface area contributed by atoms with Gasteiger partial charge < -0.3 is 19.3 Å². The number of hydrogen-bond donors (Lipinski definition) is 1. The summed E-state index contributed by atoms with van der Waals surface area (Å²) in [5.74, 6) is 0.120. The van der Waals surface area contributed by atoms with Gasteiger partial charge in [0.15, 0.2) is 6.10 Å². The Kier molecular flexibility index (Phi) is 5.85. The number of hydrogen-bond acceptors (Lipinski definition) is 6. The Morgan fingerprint density at radius 3 is 2.70 bits per heavy atom. The summed E-state index contributed by atoms with van der Waals surface area (Å²) >= 11 is 0. The first-order valence-corrected chi connectivity index (χ1v) is 8.99. The van der Waals surface area contributed by atoms with Gasteiger partial charge in [0.05, 0.1) is 13.2 Å². The minimum atomic E-state index is -1.06. The zero-order valence-corrected chi connectivity index (χ0v) is 15.4. The van der Waals surface area contributed by atoms with E-state index in [9.17, 15) is 9.59 Å². The number of carboxylic acids is 1. The standard InChI is InChI=1S/C19H23N3O5/c1-12(2)13-3-5-14(6-4-13)18-20-16(27-21-18)7-8-17(23)22-9-10-26-15(11-22)19(24)25/h3-6,12,15H,7-11H2,1-2H3,(H,24,25)/t15-/m1/s1. The van der Waals surface area contributed by atoms with E-state index in [0.717, 1.165) is 5.56 Å². The third-order valence-electron chi connectivity index (χ3n) is 4.55. The van der Waals surface area contributed by atoms with Gasteiger partial charge in [0, 0.05) is 24.9 Å². The Balaban J connectivity index is 1.56. The second kappa shape index (κ2) is 8.30. The number of aromatic nitrogens is 2. The minimum Gasteiger partial charge on any atom is -0.479 e. The van der Waals surface area contributed by atoms with Crippen LogP contribution < -0.4 is 0 Å². The smallest absolute Gasteiger partial charge is 0.334 e. The molecule has 0 saturated carbocycles. The topological polar surface area (TPSA) is 106 Å². The number of aliphatic carboxylic acids is 1. The van der Waals surface area contributed by atoms with Gasteiger partial charge in [-0.25, -0.2) is 4.79 Å². The molecule has 144 valence electrons. The van der Waals surface area contributed by atoms with Crippen LogP contribution in [-0.4, -0.2) is 57.8 Å². The van der Waals surface area contributed by atoms with Gasteiger partial charge in [-0.05, 0) is 11.5 Å². The molecule has 0 unspecified atom stereocenters. The molecule has 8 heteroatoms. The van der Waals surface area contributed by atoms with Crippen LogP contribution in [0.2, 0.25) is 0 Å². The van der Waals surface area contributed by atoms with Crippen LogP contribution in [0.4, 0.5) is 0 Å². The molecule has 2 heterocycles. The van der Waals surface area contributed by atoms with Crippen LogP contribution in [0.1, 0.15) is 37.6 Å². The highest BCUT2D eigenvalue weighted by molar-refractivity contribution is 5.78. The van der Waals surface area contributed by atoms with E-state index in [1.165, 1.54) is 10.5 Å². The molecule has 1 aliphatic rings. The molecule has 1 aromatic carbocycles. The predicted molar refractivity (Wildman–Crippen MR) is 96.1 cm³/mol. The summed E-state index contributed by atoms with van der Waals surface area (Å²) < 4.78 is 10.4. The highest BCUT2D eigenvalue weighted by Crippen LogP contribution is 2.21. The molecule has 1 N–H and O–H groups in total. The average molecular weight is 373 g/mol. The van der Waals surface area contributed by atoms with Crippen LogP contribution in [0.15, 0.2) is 28.8 Å². The van der Waals surface area contributed by atoms with E-state index in [-0.39, 0.29) is 25.5 Å². The maximum absolute atomic E-state index is 12.3. The summed E-state index contributed by atoms with van der Waals surface area (Å²) in [6.07, 6.45) is -0.475. The molecular weight excluding hydrogens is 350 g/mol. The lowest BCUT2D eigenvalue weighted by Gasteiger charge is -2.30. The van der Waals surface area contributed by atoms with Gasteiger partial charge >= 0.3 is 5.97 Å². The minimum absolute atomic E-state index is 0.0610. The van der Waals surface area contributed by atoms with Crippen LogP contribution in [0.25, 0.3) is 11.4 Å². The van der Waals surface area contributed by atoms with E-state index < -0.39 is 12.1 Å². The summed E-state index contributed by atoms with van der Waals surface area (Å²) in [4.78, 5) is 29.2. The molecule has 0 bridgehead atoms. The van der Waals surface area contributed by atoms with Crippen molar-refractivity contribution in [1.82, 2.24) is 15.0 Å². The molecule has 3 rings (SSSR count). The van der Waals surface area contributed by atoms with Crippen molar-refractivity contribution in [1.29, 1.82) is 0 Å². The first kappa shape index (κ1) is 19.0. The Morgan fingerprint density at radius 2 is 2.04 bits per heavy atom. The number of morpholine rings is 1. The molecule has 0 radical (unpaired) electrons. The largest absolute Gasteiger partial charge is 0.479 e. The molecule has 8 nitrogen and oxygen atoms in total. The second-order valence-electron chi connectivity index (χ2n) is 6.83. The van der Waals surface area contributed by atoms with E-state index in [2.05, 4.69) is 24.0 Å². The average Bonchev–Trinajstić information content (AvgIpc) is 3.15. The first-order valence-electron chi connectivity index (χ1n) is 8.99. The fraction of sp³-hybridized carbons (Fsp3) is 0.474. The van der Waals surface area contributed by atoms with Gasteiger partial charge in [-0.2, -0.15) is 4.98 Å². The van der Waals surface area contributed by atoms with Crippen molar-refractivity contribution in [3.8, 4) is 11.4 Å². The summed E-state index contributed by atoms with van der Waals surface area (Å²) in [6, 6.07) is 7.98. The Bertz CT molecular complexity index is 800. The molecule has 0 aliphatic carbocycles. The van der Waals surface area contributed by atoms with E-state index in [1.807, 2.05) is 24.3 Å². The molecular formula is C19H23N3O5. The van der Waals surface area contributed by atoms with E-state index >= 15 is 0 Å². The first-order chi connectivity index (χ1) is 12.9. The second-order valence-corrected chi connectivity index (χ2v) is 6.83. The third kappa shape index (κ3) is 4.71. The van der Waals surface area contributed by atoms with Crippen molar-refractivity contribution < 1.29 is 24.0 Å². The SMILES string of the molecule is CC(C)c1ccc(-c2noc(CCC(=O)N3CCO[C@@H](C(=O)O)C3)n2)cc1. The number of aryl methyl sites for hydroxylation is 1. The normalized spacial score (nSPS) is 17.3. The highest BCUT2D eigenvalue weighted by Gasteiger charge is 2.28. The lowest BCUT2D eigenvalue weighted by molar-refractivity contribution is -0.159. The van der Waals surface area contributed by atoms with Gasteiger partial charge in [0.1, 0.15) is 0 Å². The van der Waals surface area contributed by atoms with E-state index in [0.29, 0.717) is 30.6 Å². The van der Waals surface area contributed by atoms with Crippen molar-refractivity contribution in [2.24, 2.45) is 0 Å². The van der Waals surface area contributed by atoms with Gasteiger partial charge in [-0.3, -0.25) is 4.79 Å². The van der Waals surface area contributed by atoms with Gasteiger partial charge in [-0.1, -0.05) is 43.3 Å². The maximum Gasteiger partial charge on any atom is 0.334 e. The zero-order valence-electron chi connectivity index (χ0n) is 15.4. The van der Waals surface area contributed by atoms with Crippen molar-refractivity contribution in [2.75, 3.05) is 19.7 Å². The maximum atomic E-state index is 12.3. The summed E-state index contributed by atoms with van der Waals surface area (Å²) in [7, 11) is 0.